The predicted octanol–water partition coefficient (Wildman–Crippen LogP) is 10.1. The number of hydrogen-bond donors (Lipinski definition) is 0. The zero-order valence-electron chi connectivity index (χ0n) is 25.4. The minimum atomic E-state index is -5.41. The van der Waals surface area contributed by atoms with Gasteiger partial charge in [-0.15, -0.1) is 24.8 Å². The van der Waals surface area contributed by atoms with Gasteiger partial charge in [0.15, 0.2) is 0 Å². The van der Waals surface area contributed by atoms with Crippen molar-refractivity contribution < 1.29 is 17.0 Å². The molecule has 0 spiro atoms. The van der Waals surface area contributed by atoms with Crippen LogP contribution in [0.25, 0.3) is 6.08 Å². The van der Waals surface area contributed by atoms with Crippen molar-refractivity contribution in [2.75, 3.05) is 0 Å². The van der Waals surface area contributed by atoms with Crippen LogP contribution in [-0.4, -0.2) is 6.66 Å². The van der Waals surface area contributed by atoms with E-state index in [1.54, 1.807) is 0 Å². The van der Waals surface area contributed by atoms with E-state index in [1.807, 2.05) is 0 Å². The second-order valence-corrected chi connectivity index (χ2v) is 39.6. The zero-order chi connectivity index (χ0) is 28.6. The van der Waals surface area contributed by atoms with Gasteiger partial charge in [0.1, 0.15) is 0 Å². The van der Waals surface area contributed by atoms with Crippen molar-refractivity contribution in [3.8, 4) is 5.75 Å². The molecule has 0 bridgehead atoms. The molecular weight excluding hydrogens is 619 g/mol. The molecule has 5 aromatic rings. The van der Waals surface area contributed by atoms with Gasteiger partial charge >= 0.3 is 246 Å². The third-order valence-corrected chi connectivity index (χ3v) is 50.7. The zero-order valence-corrected chi connectivity index (χ0v) is 29.7. The van der Waals surface area contributed by atoms with E-state index < -0.39 is 20.3 Å². The first-order valence-corrected chi connectivity index (χ1v) is 25.1. The van der Waals surface area contributed by atoms with Crippen molar-refractivity contribution in [3.05, 3.63) is 174 Å². The van der Waals surface area contributed by atoms with Gasteiger partial charge in [0, 0.05) is 0 Å². The Morgan fingerprint density at radius 1 is 0.605 bits per heavy atom. The number of allylic oxidation sites excluding steroid dienone is 1. The van der Waals surface area contributed by atoms with E-state index >= 15 is 0 Å². The second-order valence-electron chi connectivity index (χ2n) is 12.9. The molecule has 0 radical (unpaired) electrons. The van der Waals surface area contributed by atoms with E-state index in [1.165, 1.54) is 26.1 Å². The molecule has 1 unspecified atom stereocenters. The number of benzene rings is 5. The molecule has 1 atom stereocenters. The Kier molecular flexibility index (Phi) is 9.16. The summed E-state index contributed by atoms with van der Waals surface area (Å²) in [6.07, 6.45) is 4.90. The van der Waals surface area contributed by atoms with Crippen LogP contribution in [0.5, 0.6) is 5.75 Å². The first-order chi connectivity index (χ1) is 19.8. The number of para-hydroxylation sites is 1. The summed E-state index contributed by atoms with van der Waals surface area (Å²) in [4.78, 5) is 0. The average Bonchev–Trinajstić information content (AvgIpc) is 3.38. The van der Waals surface area contributed by atoms with E-state index in [0.717, 1.165) is 5.75 Å². The van der Waals surface area contributed by atoms with E-state index in [9.17, 15) is 0 Å². The summed E-state index contributed by atoms with van der Waals surface area (Å²) in [5.74, 6) is 0.959. The molecule has 1 aliphatic carbocycles. The maximum Gasteiger partial charge on any atom is -0.147 e. The molecular formula is C38H42Cl2OSiTi. The summed E-state index contributed by atoms with van der Waals surface area (Å²) in [5, 5.41) is 2.68. The van der Waals surface area contributed by atoms with Crippen LogP contribution in [0.1, 0.15) is 33.4 Å². The fourth-order valence-electron chi connectivity index (χ4n) is 8.79. The van der Waals surface area contributed by atoms with Crippen molar-refractivity contribution in [1.29, 1.82) is 0 Å². The first-order valence-electron chi connectivity index (χ1n) is 14.8. The van der Waals surface area contributed by atoms with Crippen LogP contribution < -0.4 is 7.19 Å². The van der Waals surface area contributed by atoms with Crippen LogP contribution in [-0.2, 0) is 17.4 Å². The number of rotatable bonds is 8. The van der Waals surface area contributed by atoms with Gasteiger partial charge in [0.25, 0.3) is 0 Å². The molecule has 0 saturated heterocycles. The summed E-state index contributed by atoms with van der Waals surface area (Å²) in [6, 6.07) is 53.5. The third kappa shape index (κ3) is 4.30. The molecule has 1 nitrogen and oxygen atoms in total. The van der Waals surface area contributed by atoms with Crippen LogP contribution in [0.3, 0.4) is 0 Å². The van der Waals surface area contributed by atoms with Gasteiger partial charge in [0.2, 0.25) is 0 Å². The topological polar surface area (TPSA) is 9.23 Å². The molecule has 0 fully saturated rings. The summed E-state index contributed by atoms with van der Waals surface area (Å²) in [7, 11) is 0. The Bertz CT molecular complexity index is 1680. The van der Waals surface area contributed by atoms with Crippen LogP contribution >= 0.6 is 24.8 Å². The Balaban J connectivity index is 0.00000212. The van der Waals surface area contributed by atoms with Crippen molar-refractivity contribution in [1.82, 2.24) is 0 Å². The molecule has 0 saturated carbocycles. The number of halogens is 2. The second kappa shape index (κ2) is 11.9. The van der Waals surface area contributed by atoms with Gasteiger partial charge in [-0.3, -0.25) is 0 Å². The van der Waals surface area contributed by atoms with Crippen LogP contribution in [0.15, 0.2) is 152 Å². The van der Waals surface area contributed by atoms with Crippen molar-refractivity contribution >= 4 is 41.4 Å². The van der Waals surface area contributed by atoms with Crippen molar-refractivity contribution in [2.45, 2.75) is 33.2 Å². The molecule has 0 aliphatic heterocycles. The van der Waals surface area contributed by atoms with Crippen molar-refractivity contribution in [3.63, 3.8) is 0 Å². The third-order valence-electron chi connectivity index (χ3n) is 11.4. The van der Waals surface area contributed by atoms with E-state index in [2.05, 4.69) is 183 Å². The Labute approximate surface area is 269 Å². The fourth-order valence-corrected chi connectivity index (χ4v) is 41.1. The smallest absolute Gasteiger partial charge is 0.147 e. The standard InChI is InChI=1S/C13H11.C10H9.C6H6O.C6H5.C2H7Si.CH3.2ClH.Ti/c1-3-7-12(8-4-1)11-13-9-5-2-6-10-13;1-8-6-7-9-4-2-3-5-10(8)9;7-6-4-2-1-3-5-6;1-2-4-6-5-3-1;1-3-2;;;;/h1-11H;2-7H,1H3;1-5,7H;1-5H;3H,1-2H3;1H3;2*1H;/q;;;;;;;;+1/p-1. The quantitative estimate of drug-likeness (QED) is 0.151. The first kappa shape index (κ1) is 33.1. The van der Waals surface area contributed by atoms with Gasteiger partial charge in [-0.05, 0) is 0 Å². The molecule has 1 aliphatic rings. The van der Waals surface area contributed by atoms with Crippen molar-refractivity contribution in [2.24, 2.45) is 0 Å². The van der Waals surface area contributed by atoms with Gasteiger partial charge in [0.05, 0.1) is 0 Å². The molecule has 222 valence electrons. The molecule has 0 heterocycles. The Hall–Kier alpha value is -2.85. The van der Waals surface area contributed by atoms with E-state index in [-0.39, 0.29) is 32.8 Å². The average molecular weight is 662 g/mol. The summed E-state index contributed by atoms with van der Waals surface area (Å²) in [5.41, 5.74) is 5.33. The summed E-state index contributed by atoms with van der Waals surface area (Å²) >= 11 is -5.41. The molecule has 0 N–H and O–H groups in total. The molecule has 5 heteroatoms. The predicted molar refractivity (Wildman–Crippen MR) is 190 cm³/mol. The SMILES string of the molecule is C[SiH](C)[Ti]([CH3])([O]c1ccccc1)([c]1ccccc1)([CH](c1ccccc1)c1ccccc1)[C]1(C)C=Cc2ccccc21.Cl.Cl. The minimum absolute atomic E-state index is 0. The van der Waals surface area contributed by atoms with E-state index in [0.29, 0.717) is 0 Å². The summed E-state index contributed by atoms with van der Waals surface area (Å²) < 4.78 is 9.39. The van der Waals surface area contributed by atoms with Crippen LogP contribution in [0.4, 0.5) is 0 Å². The van der Waals surface area contributed by atoms with Crippen LogP contribution in [0.2, 0.25) is 18.3 Å². The van der Waals surface area contributed by atoms with Crippen LogP contribution in [0, 0.1) is 0 Å². The number of fused-ring (bicyclic) bond motifs is 1. The van der Waals surface area contributed by atoms with Gasteiger partial charge in [-0.2, -0.15) is 0 Å². The molecule has 6 rings (SSSR count). The Morgan fingerprint density at radius 3 is 1.56 bits per heavy atom. The largest absolute Gasteiger partial charge is 0.147 e. The minimum Gasteiger partial charge on any atom is -0.147 e. The fraction of sp³-hybridized carbons (Fsp3) is 0.158. The Morgan fingerprint density at radius 2 is 1.05 bits per heavy atom. The van der Waals surface area contributed by atoms with Gasteiger partial charge in [-0.1, -0.05) is 0 Å². The monoisotopic (exact) mass is 660 g/mol. The van der Waals surface area contributed by atoms with Gasteiger partial charge in [-0.25, -0.2) is 0 Å². The van der Waals surface area contributed by atoms with Gasteiger partial charge < -0.3 is 0 Å². The molecule has 43 heavy (non-hydrogen) atoms. The maximum absolute atomic E-state index is 8.34. The summed E-state index contributed by atoms with van der Waals surface area (Å²) in [6.45, 7) is 5.82. The molecule has 0 amide bonds. The molecule has 5 aromatic carbocycles. The maximum atomic E-state index is 8.34. The normalized spacial score (nSPS) is 17.3. The number of hydrogen-bond acceptors (Lipinski definition) is 1. The molecule has 0 aromatic heterocycles. The van der Waals surface area contributed by atoms with E-state index in [4.69, 9.17) is 3.32 Å².